The lowest BCUT2D eigenvalue weighted by Crippen LogP contribution is -2.15. The van der Waals surface area contributed by atoms with Crippen molar-refractivity contribution in [2.75, 3.05) is 9.80 Å². The van der Waals surface area contributed by atoms with Gasteiger partial charge in [-0.2, -0.15) is 0 Å². The highest BCUT2D eigenvalue weighted by Crippen LogP contribution is 2.51. The second-order valence-electron chi connectivity index (χ2n) is 11.8. The number of fused-ring (bicyclic) bond motifs is 2. The second-order valence-corrected chi connectivity index (χ2v) is 11.8. The van der Waals surface area contributed by atoms with E-state index in [-0.39, 0.29) is 0 Å². The van der Waals surface area contributed by atoms with Crippen LogP contribution in [0.5, 0.6) is 0 Å². The molecule has 0 unspecified atom stereocenters. The van der Waals surface area contributed by atoms with Gasteiger partial charge in [0.15, 0.2) is 0 Å². The molecular weight excluding hydrogens is 532 g/mol. The van der Waals surface area contributed by atoms with Crippen molar-refractivity contribution in [2.45, 2.75) is 27.7 Å². The maximum absolute atomic E-state index is 2.44. The summed E-state index contributed by atoms with van der Waals surface area (Å²) in [6.07, 6.45) is 0. The zero-order chi connectivity index (χ0) is 30.2. The van der Waals surface area contributed by atoms with E-state index in [9.17, 15) is 0 Å². The molecule has 0 bridgehead atoms. The van der Waals surface area contributed by atoms with Crippen molar-refractivity contribution < 1.29 is 0 Å². The van der Waals surface area contributed by atoms with Gasteiger partial charge in [0.05, 0.1) is 11.4 Å². The molecular formula is C42H36N2. The molecule has 2 nitrogen and oxygen atoms in total. The smallest absolute Gasteiger partial charge is 0.0619 e. The molecule has 0 spiro atoms. The Hall–Kier alpha value is -5.34. The summed E-state index contributed by atoms with van der Waals surface area (Å²) in [6, 6.07) is 53.0. The molecule has 44 heavy (non-hydrogen) atoms. The average molecular weight is 569 g/mol. The van der Waals surface area contributed by atoms with Crippen molar-refractivity contribution >= 4 is 55.7 Å². The van der Waals surface area contributed by atoms with E-state index in [1.807, 2.05) is 0 Å². The van der Waals surface area contributed by atoms with Gasteiger partial charge in [-0.15, -0.1) is 0 Å². The number of hydrogen-bond donors (Lipinski definition) is 0. The molecule has 0 amide bonds. The number of aryl methyl sites for hydroxylation is 4. The van der Waals surface area contributed by atoms with Crippen LogP contribution in [0.25, 0.3) is 21.5 Å². The molecule has 7 aromatic rings. The Bertz CT molecular complexity index is 1860. The van der Waals surface area contributed by atoms with Crippen molar-refractivity contribution in [1.82, 2.24) is 0 Å². The Kier molecular flexibility index (Phi) is 7.12. The molecule has 7 rings (SSSR count). The fourth-order valence-electron chi connectivity index (χ4n) is 6.69. The zero-order valence-electron chi connectivity index (χ0n) is 25.8. The van der Waals surface area contributed by atoms with Crippen LogP contribution in [-0.4, -0.2) is 0 Å². The molecule has 0 aromatic heterocycles. The van der Waals surface area contributed by atoms with Gasteiger partial charge in [0.1, 0.15) is 0 Å². The molecule has 0 radical (unpaired) electrons. The SMILES string of the molecule is Cc1cc(C)cc(N(c2ccccc2)c2c3ccccc3c(N(c3ccccc3)c3cc(C)cc(C)c3)c3ccccc23)c1. The molecule has 214 valence electrons. The van der Waals surface area contributed by atoms with Gasteiger partial charge in [0, 0.05) is 44.3 Å². The van der Waals surface area contributed by atoms with Gasteiger partial charge >= 0.3 is 0 Å². The highest BCUT2D eigenvalue weighted by atomic mass is 15.2. The van der Waals surface area contributed by atoms with E-state index in [1.165, 1.54) is 55.2 Å². The van der Waals surface area contributed by atoms with E-state index in [1.54, 1.807) is 0 Å². The summed E-state index contributed by atoms with van der Waals surface area (Å²) in [7, 11) is 0. The monoisotopic (exact) mass is 568 g/mol. The van der Waals surface area contributed by atoms with Gasteiger partial charge in [-0.05, 0) is 98.5 Å². The Morgan fingerprint density at radius 1 is 0.295 bits per heavy atom. The van der Waals surface area contributed by atoms with E-state index in [2.05, 4.69) is 183 Å². The summed E-state index contributed by atoms with van der Waals surface area (Å²) in [5.74, 6) is 0. The standard InChI is InChI=1S/C42H36N2/c1-29-23-30(2)26-35(25-29)43(33-15-7-5-8-16-33)41-37-19-11-13-21-39(37)42(40-22-14-12-20-38(40)41)44(34-17-9-6-10-18-34)36-27-31(3)24-32(4)28-36/h5-28H,1-4H3. The first-order chi connectivity index (χ1) is 21.5. The minimum Gasteiger partial charge on any atom is -0.309 e. The van der Waals surface area contributed by atoms with Crippen LogP contribution in [0.2, 0.25) is 0 Å². The van der Waals surface area contributed by atoms with E-state index in [4.69, 9.17) is 0 Å². The maximum atomic E-state index is 2.44. The van der Waals surface area contributed by atoms with Gasteiger partial charge in [-0.25, -0.2) is 0 Å². The predicted molar refractivity (Wildman–Crippen MR) is 190 cm³/mol. The molecule has 0 atom stereocenters. The normalized spacial score (nSPS) is 11.2. The van der Waals surface area contributed by atoms with Crippen molar-refractivity contribution in [3.05, 3.63) is 168 Å². The summed E-state index contributed by atoms with van der Waals surface area (Å²) in [4.78, 5) is 4.89. The van der Waals surface area contributed by atoms with Gasteiger partial charge in [-0.3, -0.25) is 0 Å². The zero-order valence-corrected chi connectivity index (χ0v) is 25.8. The minimum absolute atomic E-state index is 1.13. The topological polar surface area (TPSA) is 6.48 Å². The summed E-state index contributed by atoms with van der Waals surface area (Å²) < 4.78 is 0. The lowest BCUT2D eigenvalue weighted by atomic mass is 9.95. The molecule has 7 aromatic carbocycles. The van der Waals surface area contributed by atoms with E-state index in [0.717, 1.165) is 22.7 Å². The van der Waals surface area contributed by atoms with Gasteiger partial charge < -0.3 is 9.80 Å². The highest BCUT2D eigenvalue weighted by molar-refractivity contribution is 6.23. The quantitative estimate of drug-likeness (QED) is 0.145. The number of benzene rings is 7. The maximum Gasteiger partial charge on any atom is 0.0619 e. The Balaban J connectivity index is 1.63. The third kappa shape index (κ3) is 4.99. The van der Waals surface area contributed by atoms with Crippen molar-refractivity contribution in [3.63, 3.8) is 0 Å². The molecule has 0 fully saturated rings. The van der Waals surface area contributed by atoms with Gasteiger partial charge in [-0.1, -0.05) is 97.1 Å². The average Bonchev–Trinajstić information content (AvgIpc) is 3.02. The van der Waals surface area contributed by atoms with Gasteiger partial charge in [0.2, 0.25) is 0 Å². The van der Waals surface area contributed by atoms with E-state index < -0.39 is 0 Å². The Morgan fingerprint density at radius 3 is 0.864 bits per heavy atom. The van der Waals surface area contributed by atoms with Crippen LogP contribution in [-0.2, 0) is 0 Å². The number of nitrogens with zero attached hydrogens (tertiary/aromatic N) is 2. The third-order valence-corrected chi connectivity index (χ3v) is 8.28. The molecule has 0 heterocycles. The number of rotatable bonds is 6. The number of para-hydroxylation sites is 2. The van der Waals surface area contributed by atoms with Crippen molar-refractivity contribution in [1.29, 1.82) is 0 Å². The van der Waals surface area contributed by atoms with Crippen molar-refractivity contribution in [3.8, 4) is 0 Å². The molecule has 0 aliphatic rings. The number of anilines is 6. The second kappa shape index (κ2) is 11.4. The molecule has 0 saturated carbocycles. The lowest BCUT2D eigenvalue weighted by molar-refractivity contribution is 1.26. The van der Waals surface area contributed by atoms with Crippen LogP contribution < -0.4 is 9.80 Å². The largest absolute Gasteiger partial charge is 0.309 e. The fraction of sp³-hybridized carbons (Fsp3) is 0.0952. The first-order valence-electron chi connectivity index (χ1n) is 15.3. The summed E-state index contributed by atoms with van der Waals surface area (Å²) >= 11 is 0. The van der Waals surface area contributed by atoms with E-state index in [0.29, 0.717) is 0 Å². The summed E-state index contributed by atoms with van der Waals surface area (Å²) in [5.41, 5.74) is 11.9. The third-order valence-electron chi connectivity index (χ3n) is 8.28. The summed E-state index contributed by atoms with van der Waals surface area (Å²) in [5, 5.41) is 4.81. The molecule has 0 N–H and O–H groups in total. The van der Waals surface area contributed by atoms with Gasteiger partial charge in [0.25, 0.3) is 0 Å². The molecule has 0 saturated heterocycles. The van der Waals surface area contributed by atoms with Crippen LogP contribution >= 0.6 is 0 Å². The minimum atomic E-state index is 1.13. The first-order valence-corrected chi connectivity index (χ1v) is 15.3. The summed E-state index contributed by atoms with van der Waals surface area (Å²) in [6.45, 7) is 8.72. The van der Waals surface area contributed by atoms with E-state index >= 15 is 0 Å². The fourth-order valence-corrected chi connectivity index (χ4v) is 6.69. The number of hydrogen-bond acceptors (Lipinski definition) is 2. The first kappa shape index (κ1) is 27.5. The molecule has 2 heteroatoms. The van der Waals surface area contributed by atoms with Crippen LogP contribution in [0.3, 0.4) is 0 Å². The van der Waals surface area contributed by atoms with Crippen LogP contribution in [0.1, 0.15) is 22.3 Å². The predicted octanol–water partition coefficient (Wildman–Crippen LogP) is 12.2. The molecule has 0 aliphatic heterocycles. The van der Waals surface area contributed by atoms with Crippen LogP contribution in [0.15, 0.2) is 146 Å². The van der Waals surface area contributed by atoms with Crippen LogP contribution in [0.4, 0.5) is 34.1 Å². The van der Waals surface area contributed by atoms with Crippen LogP contribution in [0, 0.1) is 27.7 Å². The highest BCUT2D eigenvalue weighted by Gasteiger charge is 2.25. The molecule has 0 aliphatic carbocycles. The lowest BCUT2D eigenvalue weighted by Gasteiger charge is -2.33. The van der Waals surface area contributed by atoms with Crippen molar-refractivity contribution in [2.24, 2.45) is 0 Å². The Labute approximate surface area is 260 Å². The Morgan fingerprint density at radius 2 is 0.568 bits per heavy atom.